The highest BCUT2D eigenvalue weighted by atomic mass is 16.6. The molecule has 0 aromatic heterocycles. The maximum Gasteiger partial charge on any atom is 0.279 e. The molecule has 0 aliphatic heterocycles. The third kappa shape index (κ3) is 5.16. The van der Waals surface area contributed by atoms with Crippen molar-refractivity contribution < 1.29 is 14.4 Å². The lowest BCUT2D eigenvalue weighted by molar-refractivity contribution is -0.126. The molecule has 2 amide bonds. The molecule has 0 fully saturated rings. The first kappa shape index (κ1) is 16.0. The number of anilines is 1. The number of nitrogen functional groups attached to an aromatic ring is 1. The van der Waals surface area contributed by atoms with Gasteiger partial charge in [-0.2, -0.15) is 0 Å². The van der Waals surface area contributed by atoms with E-state index < -0.39 is 11.8 Å². The molecule has 4 N–H and O–H groups in total. The van der Waals surface area contributed by atoms with Crippen molar-refractivity contribution in [1.82, 2.24) is 10.9 Å². The molecule has 2 rings (SSSR count). The second-order valence-corrected chi connectivity index (χ2v) is 4.51. The Morgan fingerprint density at radius 2 is 1.74 bits per heavy atom. The first-order valence-corrected chi connectivity index (χ1v) is 6.81. The maximum absolute atomic E-state index is 11.8. The number of rotatable bonds is 5. The molecular weight excluding hydrogens is 296 g/mol. The second kappa shape index (κ2) is 8.18. The van der Waals surface area contributed by atoms with E-state index in [1.807, 2.05) is 30.3 Å². The van der Waals surface area contributed by atoms with Gasteiger partial charge < -0.3 is 10.6 Å². The number of nitrogens with one attached hydrogen (secondary N) is 2. The summed E-state index contributed by atoms with van der Waals surface area (Å²) in [6.07, 6.45) is 1.48. The average molecular weight is 312 g/mol. The number of carbonyl (C=O) groups is 2. The van der Waals surface area contributed by atoms with E-state index >= 15 is 0 Å². The van der Waals surface area contributed by atoms with Crippen molar-refractivity contribution in [3.63, 3.8) is 0 Å². The molecule has 2 aromatic rings. The van der Waals surface area contributed by atoms with Crippen molar-refractivity contribution in [2.75, 3.05) is 12.3 Å². The van der Waals surface area contributed by atoms with Crippen LogP contribution in [0.3, 0.4) is 0 Å². The molecule has 0 bridgehead atoms. The second-order valence-electron chi connectivity index (χ2n) is 4.51. The first-order valence-electron chi connectivity index (χ1n) is 6.81. The third-order valence-electron chi connectivity index (χ3n) is 2.79. The minimum Gasteiger partial charge on any atom is -0.398 e. The van der Waals surface area contributed by atoms with Crippen molar-refractivity contribution >= 4 is 23.7 Å². The van der Waals surface area contributed by atoms with Crippen molar-refractivity contribution in [3.05, 3.63) is 65.7 Å². The number of benzene rings is 2. The smallest absolute Gasteiger partial charge is 0.279 e. The van der Waals surface area contributed by atoms with Gasteiger partial charge in [0.2, 0.25) is 0 Å². The zero-order valence-electron chi connectivity index (χ0n) is 12.2. The Kier molecular flexibility index (Phi) is 5.70. The van der Waals surface area contributed by atoms with E-state index in [0.29, 0.717) is 5.69 Å². The minimum absolute atomic E-state index is 0.274. The summed E-state index contributed by atoms with van der Waals surface area (Å²) in [5, 5.41) is 3.66. The Labute approximate surface area is 133 Å². The number of nitrogens with two attached hydrogens (primary N) is 1. The molecule has 0 spiro atoms. The van der Waals surface area contributed by atoms with E-state index in [0.717, 1.165) is 5.56 Å². The summed E-state index contributed by atoms with van der Waals surface area (Å²) in [6.45, 7) is -0.326. The summed E-state index contributed by atoms with van der Waals surface area (Å²) in [7, 11) is 0. The van der Waals surface area contributed by atoms with Gasteiger partial charge in [-0.1, -0.05) is 47.6 Å². The lowest BCUT2D eigenvalue weighted by Gasteiger charge is -2.08. The van der Waals surface area contributed by atoms with Gasteiger partial charge in [-0.3, -0.25) is 20.4 Å². The summed E-state index contributed by atoms with van der Waals surface area (Å²) >= 11 is 0. The fourth-order valence-corrected chi connectivity index (χ4v) is 1.67. The number of carbonyl (C=O) groups excluding carboxylic acids is 2. The third-order valence-corrected chi connectivity index (χ3v) is 2.79. The standard InChI is InChI=1S/C16H16N4O3/c17-14-9-5-4-8-13(14)16(22)20-19-15(21)11-23-18-10-12-6-2-1-3-7-12/h1-10H,11,17H2,(H,19,21)(H,20,22). The number of hydrazine groups is 1. The molecule has 0 saturated carbocycles. The normalized spacial score (nSPS) is 10.3. The number of nitrogens with zero attached hydrogens (tertiary/aromatic N) is 1. The number of amides is 2. The highest BCUT2D eigenvalue weighted by molar-refractivity contribution is 5.99. The Morgan fingerprint density at radius 3 is 2.48 bits per heavy atom. The van der Waals surface area contributed by atoms with Gasteiger partial charge in [0.05, 0.1) is 11.8 Å². The zero-order chi connectivity index (χ0) is 16.5. The van der Waals surface area contributed by atoms with Crippen LogP contribution in [0.4, 0.5) is 5.69 Å². The molecule has 2 aromatic carbocycles. The summed E-state index contributed by atoms with van der Waals surface area (Å²) in [5.74, 6) is -1.05. The molecule has 0 heterocycles. The van der Waals surface area contributed by atoms with Gasteiger partial charge in [0.1, 0.15) is 0 Å². The van der Waals surface area contributed by atoms with Crippen molar-refractivity contribution in [2.45, 2.75) is 0 Å². The van der Waals surface area contributed by atoms with Gasteiger partial charge in [-0.05, 0) is 17.7 Å². The van der Waals surface area contributed by atoms with Crippen LogP contribution in [0, 0.1) is 0 Å². The molecule has 7 heteroatoms. The highest BCUT2D eigenvalue weighted by Gasteiger charge is 2.09. The van der Waals surface area contributed by atoms with Crippen LogP contribution in [0.25, 0.3) is 0 Å². The first-order chi connectivity index (χ1) is 11.2. The van der Waals surface area contributed by atoms with Gasteiger partial charge in [-0.15, -0.1) is 0 Å². The molecule has 0 saturated heterocycles. The van der Waals surface area contributed by atoms with E-state index in [2.05, 4.69) is 16.0 Å². The van der Waals surface area contributed by atoms with E-state index in [-0.39, 0.29) is 12.2 Å². The average Bonchev–Trinajstić information content (AvgIpc) is 2.58. The van der Waals surface area contributed by atoms with Gasteiger partial charge in [0.15, 0.2) is 6.61 Å². The van der Waals surface area contributed by atoms with Crippen LogP contribution < -0.4 is 16.6 Å². The van der Waals surface area contributed by atoms with Crippen LogP contribution in [0.5, 0.6) is 0 Å². The monoisotopic (exact) mass is 312 g/mol. The van der Waals surface area contributed by atoms with Gasteiger partial charge in [0, 0.05) is 5.69 Å². The van der Waals surface area contributed by atoms with E-state index in [9.17, 15) is 9.59 Å². The topological polar surface area (TPSA) is 106 Å². The molecule has 23 heavy (non-hydrogen) atoms. The maximum atomic E-state index is 11.8. The predicted octanol–water partition coefficient (Wildman–Crippen LogP) is 1.08. The van der Waals surface area contributed by atoms with Crippen LogP contribution in [-0.2, 0) is 9.63 Å². The van der Waals surface area contributed by atoms with Gasteiger partial charge in [-0.25, -0.2) is 0 Å². The Morgan fingerprint density at radius 1 is 1.04 bits per heavy atom. The molecule has 0 unspecified atom stereocenters. The number of oxime groups is 1. The molecule has 0 aliphatic carbocycles. The predicted molar refractivity (Wildman–Crippen MR) is 86.5 cm³/mol. The lowest BCUT2D eigenvalue weighted by Crippen LogP contribution is -2.43. The SMILES string of the molecule is Nc1ccccc1C(=O)NNC(=O)CON=Cc1ccccc1. The van der Waals surface area contributed by atoms with Gasteiger partial charge >= 0.3 is 0 Å². The molecule has 118 valence electrons. The minimum atomic E-state index is -0.543. The van der Waals surface area contributed by atoms with Crippen LogP contribution in [0.2, 0.25) is 0 Å². The van der Waals surface area contributed by atoms with Crippen LogP contribution in [-0.4, -0.2) is 24.6 Å². The molecule has 7 nitrogen and oxygen atoms in total. The van der Waals surface area contributed by atoms with Crippen LogP contribution >= 0.6 is 0 Å². The van der Waals surface area contributed by atoms with Crippen molar-refractivity contribution in [3.8, 4) is 0 Å². The fraction of sp³-hybridized carbons (Fsp3) is 0.0625. The van der Waals surface area contributed by atoms with Crippen LogP contribution in [0.15, 0.2) is 59.8 Å². The Bertz CT molecular complexity index is 701. The zero-order valence-corrected chi connectivity index (χ0v) is 12.2. The Balaban J connectivity index is 1.72. The molecule has 0 radical (unpaired) electrons. The fourth-order valence-electron chi connectivity index (χ4n) is 1.67. The van der Waals surface area contributed by atoms with Crippen LogP contribution in [0.1, 0.15) is 15.9 Å². The van der Waals surface area contributed by atoms with E-state index in [1.54, 1.807) is 24.3 Å². The summed E-state index contributed by atoms with van der Waals surface area (Å²) < 4.78 is 0. The molecule has 0 atom stereocenters. The number of hydrogen-bond donors (Lipinski definition) is 3. The quantitative estimate of drug-likeness (QED) is 0.436. The van der Waals surface area contributed by atoms with Gasteiger partial charge in [0.25, 0.3) is 11.8 Å². The van der Waals surface area contributed by atoms with Crippen molar-refractivity contribution in [1.29, 1.82) is 0 Å². The van der Waals surface area contributed by atoms with E-state index in [4.69, 9.17) is 10.6 Å². The lowest BCUT2D eigenvalue weighted by atomic mass is 10.2. The molecular formula is C16H16N4O3. The molecule has 0 aliphatic rings. The highest BCUT2D eigenvalue weighted by Crippen LogP contribution is 2.09. The number of para-hydroxylation sites is 1. The summed E-state index contributed by atoms with van der Waals surface area (Å²) in [5.41, 5.74) is 11.6. The number of hydrogen-bond acceptors (Lipinski definition) is 5. The van der Waals surface area contributed by atoms with E-state index in [1.165, 1.54) is 6.21 Å². The summed E-state index contributed by atoms with van der Waals surface area (Å²) in [4.78, 5) is 28.2. The Hall–Kier alpha value is -3.35. The largest absolute Gasteiger partial charge is 0.398 e. The summed E-state index contributed by atoms with van der Waals surface area (Å²) in [6, 6.07) is 15.8. The van der Waals surface area contributed by atoms with Crippen molar-refractivity contribution in [2.24, 2.45) is 5.16 Å².